The minimum atomic E-state index is -1.56. The van der Waals surface area contributed by atoms with Gasteiger partial charge in [0.1, 0.15) is 11.3 Å². The quantitative estimate of drug-likeness (QED) is 0.676. The van der Waals surface area contributed by atoms with Crippen molar-refractivity contribution in [1.82, 2.24) is 4.57 Å². The van der Waals surface area contributed by atoms with Gasteiger partial charge in [0.25, 0.3) is 0 Å². The number of nitrogens with zero attached hydrogens (tertiary/aromatic N) is 2. The molecule has 3 aromatic rings. The summed E-state index contributed by atoms with van der Waals surface area (Å²) in [5, 5.41) is 8.42. The number of rotatable bonds is 3. The van der Waals surface area contributed by atoms with Gasteiger partial charge in [-0.2, -0.15) is 0 Å². The highest BCUT2D eigenvalue weighted by Gasteiger charge is 2.34. The van der Waals surface area contributed by atoms with Gasteiger partial charge in [0.2, 0.25) is 5.43 Å². The number of hydrogen-bond donors (Lipinski definition) is 1. The molecule has 29 heavy (non-hydrogen) atoms. The predicted molar refractivity (Wildman–Crippen MR) is 99.6 cm³/mol. The molecule has 1 fully saturated rings. The Morgan fingerprint density at radius 2 is 1.62 bits per heavy atom. The lowest BCUT2D eigenvalue weighted by Gasteiger charge is -2.22. The lowest BCUT2D eigenvalue weighted by atomic mass is 10.1. The first-order chi connectivity index (χ1) is 13.9. The van der Waals surface area contributed by atoms with Gasteiger partial charge >= 0.3 is 5.97 Å². The first-order valence-electron chi connectivity index (χ1n) is 9.18. The fourth-order valence-corrected chi connectivity index (χ4v) is 4.04. The highest BCUT2D eigenvalue weighted by atomic mass is 19.2. The molecule has 1 aliphatic carbocycles. The Labute approximate surface area is 162 Å². The zero-order valence-electron chi connectivity index (χ0n) is 15.1. The predicted octanol–water partition coefficient (Wildman–Crippen LogP) is 3.97. The molecular formula is C21H15F3N2O3. The summed E-state index contributed by atoms with van der Waals surface area (Å²) in [6.45, 7) is 0.408. The van der Waals surface area contributed by atoms with Crippen LogP contribution in [0.2, 0.25) is 0 Å². The van der Waals surface area contributed by atoms with Crippen LogP contribution in [-0.2, 0) is 13.1 Å². The summed E-state index contributed by atoms with van der Waals surface area (Å²) in [6, 6.07) is 7.05. The molecule has 0 unspecified atom stereocenters. The van der Waals surface area contributed by atoms with Crippen molar-refractivity contribution in [3.63, 3.8) is 0 Å². The highest BCUT2D eigenvalue weighted by Crippen LogP contribution is 2.41. The molecule has 0 atom stereocenters. The maximum atomic E-state index is 15.6. The van der Waals surface area contributed by atoms with E-state index in [4.69, 9.17) is 0 Å². The molecule has 148 valence electrons. The summed E-state index contributed by atoms with van der Waals surface area (Å²) in [6.07, 6.45) is 2.31. The van der Waals surface area contributed by atoms with E-state index in [2.05, 4.69) is 0 Å². The third-order valence-corrected chi connectivity index (χ3v) is 5.60. The van der Waals surface area contributed by atoms with Gasteiger partial charge in [-0.1, -0.05) is 24.3 Å². The van der Waals surface area contributed by atoms with Crippen LogP contribution in [0.1, 0.15) is 40.4 Å². The van der Waals surface area contributed by atoms with Crippen molar-refractivity contribution in [3.05, 3.63) is 74.8 Å². The SMILES string of the molecule is O=C(O)c1cn(C2CC2)c2c(F)c(N3Cc4ccccc4C3)c(F)c(F)c2c1=O. The van der Waals surface area contributed by atoms with Gasteiger partial charge in [0.15, 0.2) is 17.5 Å². The van der Waals surface area contributed by atoms with E-state index in [1.165, 1.54) is 9.47 Å². The standard InChI is InChI=1S/C21H15F3N2O3/c22-15-14-18(26(12-5-6-12)9-13(20(14)27)21(28)29)17(24)19(16(15)23)25-7-10-3-1-2-4-11(10)8-25/h1-4,9,12H,5-8H2,(H,28,29). The van der Waals surface area contributed by atoms with Crippen molar-refractivity contribution >= 4 is 22.6 Å². The van der Waals surface area contributed by atoms with Gasteiger partial charge in [-0.15, -0.1) is 0 Å². The number of pyridine rings is 1. The highest BCUT2D eigenvalue weighted by molar-refractivity contribution is 5.94. The molecule has 5 rings (SSSR count). The van der Waals surface area contributed by atoms with Crippen molar-refractivity contribution in [3.8, 4) is 0 Å². The number of hydrogen-bond acceptors (Lipinski definition) is 3. The van der Waals surface area contributed by atoms with E-state index in [1.54, 1.807) is 0 Å². The number of carboxylic acid groups (broad SMARTS) is 1. The lowest BCUT2D eigenvalue weighted by molar-refractivity contribution is 0.0694. The fraction of sp³-hybridized carbons (Fsp3) is 0.238. The average molecular weight is 400 g/mol. The Kier molecular flexibility index (Phi) is 3.74. The van der Waals surface area contributed by atoms with E-state index < -0.39 is 45.5 Å². The molecule has 1 aliphatic heterocycles. The molecule has 0 spiro atoms. The summed E-state index contributed by atoms with van der Waals surface area (Å²) >= 11 is 0. The zero-order valence-corrected chi connectivity index (χ0v) is 15.1. The van der Waals surface area contributed by atoms with Gasteiger partial charge in [-0.25, -0.2) is 18.0 Å². The first-order valence-corrected chi connectivity index (χ1v) is 9.18. The smallest absolute Gasteiger partial charge is 0.341 e. The number of halogens is 3. The molecule has 1 saturated carbocycles. The van der Waals surface area contributed by atoms with Crippen molar-refractivity contribution in [2.45, 2.75) is 32.0 Å². The van der Waals surface area contributed by atoms with Crippen molar-refractivity contribution in [1.29, 1.82) is 0 Å². The van der Waals surface area contributed by atoms with Crippen LogP contribution in [0.5, 0.6) is 0 Å². The monoisotopic (exact) mass is 400 g/mol. The van der Waals surface area contributed by atoms with E-state index in [1.807, 2.05) is 24.3 Å². The molecule has 0 bridgehead atoms. The van der Waals surface area contributed by atoms with Crippen molar-refractivity contribution in [2.24, 2.45) is 0 Å². The second kappa shape index (κ2) is 6.10. The van der Waals surface area contributed by atoms with Gasteiger partial charge in [-0.05, 0) is 24.0 Å². The van der Waals surface area contributed by atoms with E-state index in [0.717, 1.165) is 17.3 Å². The summed E-state index contributed by atoms with van der Waals surface area (Å²) in [5.74, 6) is -5.61. The molecule has 0 saturated heterocycles. The number of aromatic nitrogens is 1. The average Bonchev–Trinajstić information content (AvgIpc) is 3.44. The second-order valence-electron chi connectivity index (χ2n) is 7.45. The summed E-state index contributed by atoms with van der Waals surface area (Å²) in [7, 11) is 0. The molecule has 1 N–H and O–H groups in total. The molecule has 1 aromatic heterocycles. The van der Waals surface area contributed by atoms with Gasteiger partial charge in [-0.3, -0.25) is 4.79 Å². The number of carbonyl (C=O) groups is 1. The van der Waals surface area contributed by atoms with Crippen LogP contribution >= 0.6 is 0 Å². The Hall–Kier alpha value is -3.29. The largest absolute Gasteiger partial charge is 0.477 e. The number of anilines is 1. The minimum absolute atomic E-state index is 0.204. The molecular weight excluding hydrogens is 385 g/mol. The summed E-state index contributed by atoms with van der Waals surface area (Å²) in [4.78, 5) is 25.3. The first kappa shape index (κ1) is 17.8. The minimum Gasteiger partial charge on any atom is -0.477 e. The lowest BCUT2D eigenvalue weighted by Crippen LogP contribution is -2.24. The normalized spacial score (nSPS) is 15.8. The van der Waals surface area contributed by atoms with Crippen molar-refractivity contribution in [2.75, 3.05) is 4.90 Å². The van der Waals surface area contributed by atoms with E-state index >= 15 is 8.78 Å². The Bertz CT molecular complexity index is 1240. The third kappa shape index (κ3) is 2.55. The maximum absolute atomic E-state index is 15.6. The molecule has 0 radical (unpaired) electrons. The number of aromatic carboxylic acids is 1. The number of carboxylic acids is 1. The fourth-order valence-electron chi connectivity index (χ4n) is 4.04. The van der Waals surface area contributed by atoms with Crippen molar-refractivity contribution < 1.29 is 23.1 Å². The van der Waals surface area contributed by atoms with Gasteiger partial charge in [0.05, 0.1) is 10.9 Å². The van der Waals surface area contributed by atoms with Crippen LogP contribution in [0.4, 0.5) is 18.9 Å². The second-order valence-corrected chi connectivity index (χ2v) is 7.45. The Balaban J connectivity index is 1.80. The molecule has 8 heteroatoms. The van der Waals surface area contributed by atoms with Crippen LogP contribution in [0.25, 0.3) is 10.9 Å². The van der Waals surface area contributed by atoms with E-state index in [9.17, 15) is 19.1 Å². The molecule has 2 aromatic carbocycles. The van der Waals surface area contributed by atoms with E-state index in [-0.39, 0.29) is 24.6 Å². The molecule has 2 heterocycles. The summed E-state index contributed by atoms with van der Waals surface area (Å²) in [5.41, 5.74) is -1.09. The van der Waals surface area contributed by atoms with Gasteiger partial charge in [0, 0.05) is 25.3 Å². The maximum Gasteiger partial charge on any atom is 0.341 e. The Morgan fingerprint density at radius 1 is 1.00 bits per heavy atom. The number of fused-ring (bicyclic) bond motifs is 2. The summed E-state index contributed by atoms with van der Waals surface area (Å²) < 4.78 is 46.9. The van der Waals surface area contributed by atoms with Crippen LogP contribution < -0.4 is 10.3 Å². The molecule has 0 amide bonds. The van der Waals surface area contributed by atoms with Crippen LogP contribution in [0.3, 0.4) is 0 Å². The molecule has 5 nitrogen and oxygen atoms in total. The molecule has 2 aliphatic rings. The van der Waals surface area contributed by atoms with Crippen LogP contribution in [0, 0.1) is 17.5 Å². The Morgan fingerprint density at radius 3 is 2.17 bits per heavy atom. The number of benzene rings is 2. The van der Waals surface area contributed by atoms with E-state index in [0.29, 0.717) is 12.8 Å². The zero-order chi connectivity index (χ0) is 20.4. The topological polar surface area (TPSA) is 62.5 Å². The van der Waals surface area contributed by atoms with Crippen LogP contribution in [0.15, 0.2) is 35.3 Å². The van der Waals surface area contributed by atoms with Gasteiger partial charge < -0.3 is 14.6 Å². The third-order valence-electron chi connectivity index (χ3n) is 5.60. The van der Waals surface area contributed by atoms with Crippen LogP contribution in [-0.4, -0.2) is 15.6 Å².